The molecule has 2 atom stereocenters. The molecule has 2 aromatic rings. The molecule has 1 heterocycles. The molecule has 7 heteroatoms. The van der Waals surface area contributed by atoms with Gasteiger partial charge in [-0.2, -0.15) is 0 Å². The van der Waals surface area contributed by atoms with E-state index in [-0.39, 0.29) is 12.0 Å². The van der Waals surface area contributed by atoms with Gasteiger partial charge in [-0.3, -0.25) is 9.59 Å². The fraction of sp³-hybridized carbons (Fsp3) is 0.360. The number of hydrogen-bond acceptors (Lipinski definition) is 5. The SMILES string of the molecule is NN(C(=O)C=Cc1ccc(C(CCCN2CCCC(O)C2)C(=O)O)cc1)c1ccccc1. The fourth-order valence-electron chi connectivity index (χ4n) is 3.99. The van der Waals surface area contributed by atoms with E-state index in [0.29, 0.717) is 18.7 Å². The van der Waals surface area contributed by atoms with Gasteiger partial charge in [0.25, 0.3) is 5.91 Å². The van der Waals surface area contributed by atoms with E-state index < -0.39 is 11.9 Å². The third-order valence-corrected chi connectivity index (χ3v) is 5.77. The van der Waals surface area contributed by atoms with Crippen molar-refractivity contribution < 1.29 is 19.8 Å². The van der Waals surface area contributed by atoms with Crippen LogP contribution in [0.4, 0.5) is 5.69 Å². The van der Waals surface area contributed by atoms with Gasteiger partial charge in [-0.05, 0) is 68.1 Å². The predicted octanol–water partition coefficient (Wildman–Crippen LogP) is 3.01. The highest BCUT2D eigenvalue weighted by Gasteiger charge is 2.21. The Bertz CT molecular complexity index is 915. The zero-order chi connectivity index (χ0) is 22.9. The average molecular weight is 438 g/mol. The molecule has 2 unspecified atom stereocenters. The third kappa shape index (κ3) is 6.75. The summed E-state index contributed by atoms with van der Waals surface area (Å²) in [6.07, 6.45) is 5.90. The third-order valence-electron chi connectivity index (χ3n) is 5.77. The summed E-state index contributed by atoms with van der Waals surface area (Å²) in [4.78, 5) is 26.3. The van der Waals surface area contributed by atoms with Gasteiger partial charge in [0, 0.05) is 12.6 Å². The smallest absolute Gasteiger partial charge is 0.310 e. The van der Waals surface area contributed by atoms with E-state index in [1.165, 1.54) is 6.08 Å². The number of aliphatic hydroxyl groups excluding tert-OH is 1. The minimum Gasteiger partial charge on any atom is -0.481 e. The van der Waals surface area contributed by atoms with Crippen LogP contribution < -0.4 is 10.9 Å². The van der Waals surface area contributed by atoms with Crippen molar-refractivity contribution in [3.8, 4) is 0 Å². The Morgan fingerprint density at radius 1 is 1.16 bits per heavy atom. The Morgan fingerprint density at radius 2 is 1.88 bits per heavy atom. The Morgan fingerprint density at radius 3 is 2.53 bits per heavy atom. The summed E-state index contributed by atoms with van der Waals surface area (Å²) < 4.78 is 0. The molecular weight excluding hydrogens is 406 g/mol. The second-order valence-electron chi connectivity index (χ2n) is 8.17. The molecule has 0 bridgehead atoms. The Balaban J connectivity index is 1.55. The lowest BCUT2D eigenvalue weighted by Crippen LogP contribution is -2.38. The van der Waals surface area contributed by atoms with Crippen LogP contribution in [0.25, 0.3) is 6.08 Å². The summed E-state index contributed by atoms with van der Waals surface area (Å²) in [5.41, 5.74) is 2.13. The summed E-state index contributed by atoms with van der Waals surface area (Å²) in [6, 6.07) is 16.2. The van der Waals surface area contributed by atoms with Gasteiger partial charge in [0.15, 0.2) is 0 Å². The quantitative estimate of drug-likeness (QED) is 0.241. The Labute approximate surface area is 188 Å². The molecular formula is C25H31N3O4. The zero-order valence-electron chi connectivity index (χ0n) is 18.1. The molecule has 4 N–H and O–H groups in total. The topological polar surface area (TPSA) is 107 Å². The number of hydrogen-bond donors (Lipinski definition) is 3. The second kappa shape index (κ2) is 11.6. The molecule has 1 fully saturated rings. The number of anilines is 1. The van der Waals surface area contributed by atoms with Crippen LogP contribution in [-0.2, 0) is 9.59 Å². The maximum Gasteiger partial charge on any atom is 0.310 e. The number of carbonyl (C=O) groups excluding carboxylic acids is 1. The van der Waals surface area contributed by atoms with E-state index in [4.69, 9.17) is 5.84 Å². The first kappa shape index (κ1) is 23.7. The Hall–Kier alpha value is -3.00. The van der Waals surface area contributed by atoms with E-state index in [0.717, 1.165) is 48.5 Å². The maximum absolute atomic E-state index is 12.3. The molecule has 32 heavy (non-hydrogen) atoms. The van der Waals surface area contributed by atoms with Crippen LogP contribution in [-0.4, -0.2) is 52.7 Å². The first-order valence-electron chi connectivity index (χ1n) is 11.0. The number of aliphatic hydroxyl groups is 1. The number of carbonyl (C=O) groups is 2. The largest absolute Gasteiger partial charge is 0.481 e. The van der Waals surface area contributed by atoms with Crippen LogP contribution in [0.15, 0.2) is 60.7 Å². The van der Waals surface area contributed by atoms with Crippen molar-refractivity contribution in [1.82, 2.24) is 4.90 Å². The summed E-state index contributed by atoms with van der Waals surface area (Å²) in [5, 5.41) is 20.5. The van der Waals surface area contributed by atoms with Gasteiger partial charge in [0.2, 0.25) is 0 Å². The maximum atomic E-state index is 12.3. The van der Waals surface area contributed by atoms with Crippen molar-refractivity contribution >= 4 is 23.6 Å². The number of carboxylic acid groups (broad SMARTS) is 1. The van der Waals surface area contributed by atoms with Crippen LogP contribution in [0.2, 0.25) is 0 Å². The van der Waals surface area contributed by atoms with Gasteiger partial charge in [0.05, 0.1) is 17.7 Å². The number of aliphatic carboxylic acids is 1. The Kier molecular flexibility index (Phi) is 8.56. The second-order valence-corrected chi connectivity index (χ2v) is 8.17. The monoisotopic (exact) mass is 437 g/mol. The van der Waals surface area contributed by atoms with Crippen LogP contribution in [0, 0.1) is 0 Å². The van der Waals surface area contributed by atoms with Crippen molar-refractivity contribution in [2.75, 3.05) is 24.6 Å². The van der Waals surface area contributed by atoms with Gasteiger partial charge >= 0.3 is 5.97 Å². The van der Waals surface area contributed by atoms with Crippen molar-refractivity contribution in [3.05, 3.63) is 71.8 Å². The number of amides is 1. The van der Waals surface area contributed by atoms with E-state index in [2.05, 4.69) is 4.90 Å². The van der Waals surface area contributed by atoms with Gasteiger partial charge < -0.3 is 15.1 Å². The summed E-state index contributed by atoms with van der Waals surface area (Å²) in [6.45, 7) is 2.42. The number of β-amino-alcohol motifs (C(OH)–C–C–N with tert-alkyl or cyclic N) is 1. The number of carboxylic acids is 1. The molecule has 1 aliphatic rings. The predicted molar refractivity (Wildman–Crippen MR) is 125 cm³/mol. The normalized spacial score (nSPS) is 17.9. The van der Waals surface area contributed by atoms with Crippen LogP contribution in [0.5, 0.6) is 0 Å². The van der Waals surface area contributed by atoms with Gasteiger partial charge in [-0.15, -0.1) is 0 Å². The molecule has 0 spiro atoms. The van der Waals surface area contributed by atoms with Gasteiger partial charge in [0.1, 0.15) is 0 Å². The lowest BCUT2D eigenvalue weighted by Gasteiger charge is -2.30. The van der Waals surface area contributed by atoms with E-state index in [1.807, 2.05) is 6.07 Å². The van der Waals surface area contributed by atoms with Crippen molar-refractivity contribution in [2.45, 2.75) is 37.7 Å². The molecule has 0 aromatic heterocycles. The summed E-state index contributed by atoms with van der Waals surface area (Å²) in [7, 11) is 0. The molecule has 0 radical (unpaired) electrons. The molecule has 2 aromatic carbocycles. The van der Waals surface area contributed by atoms with E-state index >= 15 is 0 Å². The minimum atomic E-state index is -0.844. The van der Waals surface area contributed by atoms with Crippen molar-refractivity contribution in [2.24, 2.45) is 5.84 Å². The summed E-state index contributed by atoms with van der Waals surface area (Å²) in [5.74, 6) is 4.08. The molecule has 3 rings (SSSR count). The average Bonchev–Trinajstić information content (AvgIpc) is 2.80. The van der Waals surface area contributed by atoms with Crippen molar-refractivity contribution in [1.29, 1.82) is 0 Å². The molecule has 1 amide bonds. The summed E-state index contributed by atoms with van der Waals surface area (Å²) >= 11 is 0. The fourth-order valence-corrected chi connectivity index (χ4v) is 3.99. The lowest BCUT2D eigenvalue weighted by atomic mass is 9.93. The molecule has 170 valence electrons. The van der Waals surface area contributed by atoms with Crippen LogP contribution in [0.3, 0.4) is 0 Å². The van der Waals surface area contributed by atoms with E-state index in [1.54, 1.807) is 54.6 Å². The number of nitrogens with two attached hydrogens (primary N) is 1. The molecule has 1 saturated heterocycles. The number of hydrazine groups is 1. The molecule has 1 aliphatic heterocycles. The van der Waals surface area contributed by atoms with Crippen LogP contribution >= 0.6 is 0 Å². The zero-order valence-corrected chi connectivity index (χ0v) is 18.1. The first-order chi connectivity index (χ1) is 15.4. The molecule has 7 nitrogen and oxygen atoms in total. The number of piperidine rings is 1. The number of benzene rings is 2. The van der Waals surface area contributed by atoms with Crippen molar-refractivity contribution in [3.63, 3.8) is 0 Å². The lowest BCUT2D eigenvalue weighted by molar-refractivity contribution is -0.139. The standard InChI is InChI=1S/C25H31N3O4/c26-28(21-6-2-1-3-7-21)24(30)15-12-19-10-13-20(14-11-19)23(25(31)32)9-5-17-27-16-4-8-22(29)18-27/h1-3,6-7,10-15,22-23,29H,4-5,8-9,16-18,26H2,(H,31,32). The molecule has 0 aliphatic carbocycles. The van der Waals surface area contributed by atoms with E-state index in [9.17, 15) is 19.8 Å². The highest BCUT2D eigenvalue weighted by atomic mass is 16.4. The highest BCUT2D eigenvalue weighted by molar-refractivity contribution is 6.02. The number of rotatable bonds is 9. The highest BCUT2D eigenvalue weighted by Crippen LogP contribution is 2.23. The van der Waals surface area contributed by atoms with Gasteiger partial charge in [-0.1, -0.05) is 42.5 Å². The van der Waals surface area contributed by atoms with Gasteiger partial charge in [-0.25, -0.2) is 10.9 Å². The van der Waals surface area contributed by atoms with Crippen LogP contribution in [0.1, 0.15) is 42.7 Å². The number of para-hydroxylation sites is 1. The first-order valence-corrected chi connectivity index (χ1v) is 11.0. The molecule has 0 saturated carbocycles. The number of nitrogens with zero attached hydrogens (tertiary/aromatic N) is 2. The minimum absolute atomic E-state index is 0.273. The number of likely N-dealkylation sites (tertiary alicyclic amines) is 1.